The average molecular weight is 199 g/mol. The maximum atomic E-state index is 11.1. The molecule has 1 amide bonds. The maximum absolute atomic E-state index is 11.1. The van der Waals surface area contributed by atoms with Gasteiger partial charge in [0.25, 0.3) is 0 Å². The monoisotopic (exact) mass is 198 g/mol. The van der Waals surface area contributed by atoms with Crippen molar-refractivity contribution in [2.75, 3.05) is 12.9 Å². The van der Waals surface area contributed by atoms with Gasteiger partial charge in [0.05, 0.1) is 0 Å². The van der Waals surface area contributed by atoms with Gasteiger partial charge in [0, 0.05) is 26.0 Å². The summed E-state index contributed by atoms with van der Waals surface area (Å²) < 4.78 is 0. The molecule has 0 aliphatic carbocycles. The molecule has 0 N–H and O–H groups in total. The van der Waals surface area contributed by atoms with Gasteiger partial charge in [0.1, 0.15) is 5.88 Å². The van der Waals surface area contributed by atoms with Crippen molar-refractivity contribution in [3.05, 3.63) is 30.1 Å². The molecule has 0 unspecified atom stereocenters. The quantitative estimate of drug-likeness (QED) is 0.686. The molecule has 0 aliphatic heterocycles. The van der Waals surface area contributed by atoms with E-state index in [4.69, 9.17) is 11.6 Å². The number of carbonyl (C=O) groups is 1. The van der Waals surface area contributed by atoms with E-state index in [2.05, 4.69) is 4.98 Å². The summed E-state index contributed by atoms with van der Waals surface area (Å²) in [6, 6.07) is 3.75. The Bertz CT molecular complexity index is 276. The van der Waals surface area contributed by atoms with Gasteiger partial charge in [-0.2, -0.15) is 0 Å². The second-order valence-electron chi connectivity index (χ2n) is 2.74. The Labute approximate surface area is 82.3 Å². The minimum absolute atomic E-state index is 0.0293. The number of aromatic nitrogens is 1. The molecule has 1 aromatic heterocycles. The lowest BCUT2D eigenvalue weighted by Crippen LogP contribution is -2.26. The standard InChI is InChI=1S/C9H11ClN2O/c1-12(9(13)6-10)7-8-2-4-11-5-3-8/h2-5H,6-7H2,1H3. The third kappa shape index (κ3) is 3.03. The van der Waals surface area contributed by atoms with Gasteiger partial charge in [0.2, 0.25) is 5.91 Å². The predicted octanol–water partition coefficient (Wildman–Crippen LogP) is 1.28. The van der Waals surface area contributed by atoms with Crippen LogP contribution in [0.2, 0.25) is 0 Å². The van der Waals surface area contributed by atoms with Gasteiger partial charge in [-0.05, 0) is 17.7 Å². The van der Waals surface area contributed by atoms with Gasteiger partial charge >= 0.3 is 0 Å². The topological polar surface area (TPSA) is 33.2 Å². The van der Waals surface area contributed by atoms with E-state index in [0.29, 0.717) is 6.54 Å². The molecule has 1 heterocycles. The molecule has 0 saturated carbocycles. The lowest BCUT2D eigenvalue weighted by atomic mass is 10.2. The zero-order chi connectivity index (χ0) is 9.68. The van der Waals surface area contributed by atoms with Gasteiger partial charge in [-0.25, -0.2) is 0 Å². The van der Waals surface area contributed by atoms with Crippen LogP contribution in [0.1, 0.15) is 5.56 Å². The number of amides is 1. The summed E-state index contributed by atoms with van der Waals surface area (Å²) in [7, 11) is 1.73. The summed E-state index contributed by atoms with van der Waals surface area (Å²) in [5, 5.41) is 0. The van der Waals surface area contributed by atoms with Crippen molar-refractivity contribution >= 4 is 17.5 Å². The summed E-state index contributed by atoms with van der Waals surface area (Å²) in [6.45, 7) is 0.577. The Morgan fingerprint density at radius 2 is 2.15 bits per heavy atom. The molecule has 3 nitrogen and oxygen atoms in total. The van der Waals surface area contributed by atoms with Gasteiger partial charge in [-0.3, -0.25) is 9.78 Å². The van der Waals surface area contributed by atoms with E-state index in [1.165, 1.54) is 0 Å². The molecule has 0 radical (unpaired) electrons. The van der Waals surface area contributed by atoms with Crippen LogP contribution in [0.15, 0.2) is 24.5 Å². The normalized spacial score (nSPS) is 9.69. The first-order valence-corrected chi connectivity index (χ1v) is 4.46. The highest BCUT2D eigenvalue weighted by molar-refractivity contribution is 6.27. The number of hydrogen-bond donors (Lipinski definition) is 0. The summed E-state index contributed by atoms with van der Waals surface area (Å²) in [6.07, 6.45) is 3.41. The molecule has 1 rings (SSSR count). The molecule has 1 aromatic rings. The molecule has 13 heavy (non-hydrogen) atoms. The molecule has 0 aliphatic rings. The van der Waals surface area contributed by atoms with Crippen molar-refractivity contribution in [2.24, 2.45) is 0 Å². The van der Waals surface area contributed by atoms with E-state index < -0.39 is 0 Å². The van der Waals surface area contributed by atoms with E-state index in [-0.39, 0.29) is 11.8 Å². The Kier molecular flexibility index (Phi) is 3.71. The summed E-state index contributed by atoms with van der Waals surface area (Å²) >= 11 is 5.41. The van der Waals surface area contributed by atoms with Gasteiger partial charge in [-0.15, -0.1) is 11.6 Å². The van der Waals surface area contributed by atoms with Crippen LogP contribution in [0.4, 0.5) is 0 Å². The van der Waals surface area contributed by atoms with E-state index in [1.54, 1.807) is 24.3 Å². The van der Waals surface area contributed by atoms with Gasteiger partial charge in [-0.1, -0.05) is 0 Å². The first-order valence-electron chi connectivity index (χ1n) is 3.93. The van der Waals surface area contributed by atoms with Crippen LogP contribution in [-0.4, -0.2) is 28.7 Å². The van der Waals surface area contributed by atoms with Crippen molar-refractivity contribution in [1.29, 1.82) is 0 Å². The number of alkyl halides is 1. The van der Waals surface area contributed by atoms with Crippen molar-refractivity contribution in [1.82, 2.24) is 9.88 Å². The fourth-order valence-corrected chi connectivity index (χ4v) is 1.16. The fourth-order valence-electron chi connectivity index (χ4n) is 0.952. The number of carbonyl (C=O) groups excluding carboxylic acids is 1. The Balaban J connectivity index is 2.55. The van der Waals surface area contributed by atoms with E-state index in [9.17, 15) is 4.79 Å². The first kappa shape index (κ1) is 9.99. The molecule has 0 spiro atoms. The van der Waals surface area contributed by atoms with Crippen molar-refractivity contribution < 1.29 is 4.79 Å². The van der Waals surface area contributed by atoms with Crippen LogP contribution in [-0.2, 0) is 11.3 Å². The zero-order valence-electron chi connectivity index (χ0n) is 7.40. The highest BCUT2D eigenvalue weighted by atomic mass is 35.5. The number of pyridine rings is 1. The molecule has 70 valence electrons. The fraction of sp³-hybridized carbons (Fsp3) is 0.333. The highest BCUT2D eigenvalue weighted by Gasteiger charge is 2.06. The molecule has 0 saturated heterocycles. The lowest BCUT2D eigenvalue weighted by molar-refractivity contribution is -0.127. The second kappa shape index (κ2) is 4.82. The van der Waals surface area contributed by atoms with Crippen molar-refractivity contribution in [3.8, 4) is 0 Å². The molecule has 0 fully saturated rings. The van der Waals surface area contributed by atoms with E-state index in [0.717, 1.165) is 5.56 Å². The third-order valence-corrected chi connectivity index (χ3v) is 1.94. The molecule has 0 bridgehead atoms. The molecular formula is C9H11ClN2O. The molecule has 4 heteroatoms. The molecule has 0 atom stereocenters. The van der Waals surface area contributed by atoms with Crippen LogP contribution in [0.25, 0.3) is 0 Å². The lowest BCUT2D eigenvalue weighted by Gasteiger charge is -2.15. The summed E-state index contributed by atoms with van der Waals surface area (Å²) in [5.41, 5.74) is 1.05. The first-order chi connectivity index (χ1) is 6.24. The number of rotatable bonds is 3. The van der Waals surface area contributed by atoms with Crippen LogP contribution < -0.4 is 0 Å². The SMILES string of the molecule is CN(Cc1ccncc1)C(=O)CCl. The third-order valence-electron chi connectivity index (χ3n) is 1.71. The summed E-state index contributed by atoms with van der Waals surface area (Å²) in [4.78, 5) is 16.6. The van der Waals surface area contributed by atoms with E-state index >= 15 is 0 Å². The zero-order valence-corrected chi connectivity index (χ0v) is 8.16. The minimum Gasteiger partial charge on any atom is -0.340 e. The van der Waals surface area contributed by atoms with Gasteiger partial charge in [0.15, 0.2) is 0 Å². The van der Waals surface area contributed by atoms with E-state index in [1.807, 2.05) is 12.1 Å². The predicted molar refractivity (Wildman–Crippen MR) is 51.4 cm³/mol. The van der Waals surface area contributed by atoms with Crippen LogP contribution in [0, 0.1) is 0 Å². The van der Waals surface area contributed by atoms with Crippen molar-refractivity contribution in [2.45, 2.75) is 6.54 Å². The number of hydrogen-bond acceptors (Lipinski definition) is 2. The highest BCUT2D eigenvalue weighted by Crippen LogP contribution is 2.01. The summed E-state index contributed by atoms with van der Waals surface area (Å²) in [5.74, 6) is -0.0415. The number of halogens is 1. The smallest absolute Gasteiger partial charge is 0.237 e. The average Bonchev–Trinajstić information content (AvgIpc) is 2.18. The van der Waals surface area contributed by atoms with Crippen LogP contribution in [0.3, 0.4) is 0 Å². The largest absolute Gasteiger partial charge is 0.340 e. The van der Waals surface area contributed by atoms with Gasteiger partial charge < -0.3 is 4.90 Å². The van der Waals surface area contributed by atoms with Crippen molar-refractivity contribution in [3.63, 3.8) is 0 Å². The maximum Gasteiger partial charge on any atom is 0.237 e. The van der Waals surface area contributed by atoms with Crippen LogP contribution >= 0.6 is 11.6 Å². The molecule has 0 aromatic carbocycles. The second-order valence-corrected chi connectivity index (χ2v) is 3.01. The number of nitrogens with zero attached hydrogens (tertiary/aromatic N) is 2. The minimum atomic E-state index is -0.0709. The Morgan fingerprint density at radius 3 is 2.69 bits per heavy atom. The Hall–Kier alpha value is -1.09. The Morgan fingerprint density at radius 1 is 1.54 bits per heavy atom. The van der Waals surface area contributed by atoms with Crippen LogP contribution in [0.5, 0.6) is 0 Å². The molecular weight excluding hydrogens is 188 g/mol.